The summed E-state index contributed by atoms with van der Waals surface area (Å²) in [6, 6.07) is 22.2. The lowest BCUT2D eigenvalue weighted by atomic mass is 9.94. The van der Waals surface area contributed by atoms with Crippen molar-refractivity contribution in [2.45, 2.75) is 69.6 Å². The topological polar surface area (TPSA) is 198 Å². The van der Waals surface area contributed by atoms with Crippen molar-refractivity contribution in [2.24, 2.45) is 5.92 Å². The molecule has 0 aliphatic carbocycles. The molecule has 10 rings (SSSR count). The number of hydrogen-bond donors (Lipinski definition) is 4. The Labute approximate surface area is 358 Å². The molecule has 4 saturated heterocycles. The Morgan fingerprint density at radius 2 is 1.61 bits per heavy atom. The fraction of sp³-hybridized carbons (Fsp3) is 0.370. The van der Waals surface area contributed by atoms with Crippen LogP contribution >= 0.6 is 0 Å². The third-order valence-electron chi connectivity index (χ3n) is 13.3. The summed E-state index contributed by atoms with van der Waals surface area (Å²) in [6.45, 7) is 4.63. The van der Waals surface area contributed by atoms with Crippen molar-refractivity contribution in [2.75, 3.05) is 53.2 Å². The lowest BCUT2D eigenvalue weighted by Crippen LogP contribution is -2.54. The molecule has 4 aromatic rings. The molecule has 62 heavy (non-hydrogen) atoms. The average molecular weight is 837 g/mol. The monoisotopic (exact) mass is 836 g/mol. The standard InChI is InChI=1S/C46H48N10O6/c47-42-39(23-37(50-51-42)35-6-1-2-7-40(35)57)55-26-32-21-33(55)25-54(32)31-5-3-4-27(20-31)24-52-16-12-28(13-17-52)43(59)48-29-14-18-53(19-15-29)30-8-9-34-36(22-30)46(62)56(45(34)61)38-10-11-41(58)49-44(38)60/h1-9,20,22-23,25,28-29,32,38,57H,10-19,21,24,26H2,(H2,47,51)(H,48,59)(H,49,58,60). The summed E-state index contributed by atoms with van der Waals surface area (Å²) in [5.41, 5.74) is 13.2. The number of phenolic OH excluding ortho intramolecular Hbond substituents is 1. The van der Waals surface area contributed by atoms with Gasteiger partial charge >= 0.3 is 0 Å². The van der Waals surface area contributed by atoms with E-state index in [9.17, 15) is 29.1 Å². The minimum absolute atomic E-state index is 0.0306. The van der Waals surface area contributed by atoms with Gasteiger partial charge in [-0.15, -0.1) is 10.2 Å². The summed E-state index contributed by atoms with van der Waals surface area (Å²) in [6.07, 6.45) is 6.40. The molecule has 318 valence electrons. The number of piperidine rings is 3. The number of likely N-dealkylation sites (tertiary alicyclic amines) is 1. The number of nitrogen functional groups attached to an aromatic ring is 1. The zero-order valence-electron chi connectivity index (χ0n) is 34.2. The third kappa shape index (κ3) is 7.27. The summed E-state index contributed by atoms with van der Waals surface area (Å²) < 4.78 is 0. The highest BCUT2D eigenvalue weighted by atomic mass is 16.3. The predicted molar refractivity (Wildman–Crippen MR) is 231 cm³/mol. The fourth-order valence-electron chi connectivity index (χ4n) is 9.97. The second-order valence-electron chi connectivity index (χ2n) is 17.2. The number of anilines is 4. The molecule has 0 radical (unpaired) electrons. The molecule has 5 amide bonds. The maximum absolute atomic E-state index is 13.5. The maximum atomic E-state index is 13.5. The molecular formula is C46H48N10O6. The van der Waals surface area contributed by atoms with E-state index in [-0.39, 0.29) is 53.6 Å². The summed E-state index contributed by atoms with van der Waals surface area (Å²) >= 11 is 0. The van der Waals surface area contributed by atoms with Crippen LogP contribution in [0, 0.1) is 5.92 Å². The van der Waals surface area contributed by atoms with Gasteiger partial charge in [-0.3, -0.25) is 39.1 Å². The van der Waals surface area contributed by atoms with E-state index in [4.69, 9.17) is 5.73 Å². The third-order valence-corrected chi connectivity index (χ3v) is 13.3. The number of imide groups is 2. The number of carbonyl (C=O) groups excluding carboxylic acids is 5. The van der Waals surface area contributed by atoms with E-state index in [1.54, 1.807) is 24.3 Å². The first-order chi connectivity index (χ1) is 30.1. The van der Waals surface area contributed by atoms with Gasteiger partial charge in [0.2, 0.25) is 17.7 Å². The van der Waals surface area contributed by atoms with Gasteiger partial charge in [-0.25, -0.2) is 0 Å². The van der Waals surface area contributed by atoms with Crippen molar-refractivity contribution in [3.63, 3.8) is 0 Å². The molecule has 6 aliphatic heterocycles. The number of fused-ring (bicyclic) bond motifs is 3. The molecule has 6 aliphatic rings. The molecule has 0 saturated carbocycles. The van der Waals surface area contributed by atoms with Crippen molar-refractivity contribution in [1.82, 2.24) is 30.6 Å². The Morgan fingerprint density at radius 3 is 2.37 bits per heavy atom. The number of nitrogens with one attached hydrogen (secondary N) is 2. The maximum Gasteiger partial charge on any atom is 0.262 e. The molecule has 1 aromatic heterocycles. The quantitative estimate of drug-likeness (QED) is 0.178. The van der Waals surface area contributed by atoms with E-state index in [0.717, 1.165) is 85.9 Å². The van der Waals surface area contributed by atoms with Crippen LogP contribution in [-0.2, 0) is 20.9 Å². The number of hydrogen-bond acceptors (Lipinski definition) is 13. The van der Waals surface area contributed by atoms with Gasteiger partial charge in [0.05, 0.1) is 28.6 Å². The second-order valence-corrected chi connectivity index (χ2v) is 17.2. The molecule has 16 heteroatoms. The van der Waals surface area contributed by atoms with E-state index in [2.05, 4.69) is 70.9 Å². The van der Waals surface area contributed by atoms with Crippen molar-refractivity contribution >= 4 is 52.4 Å². The molecular weight excluding hydrogens is 789 g/mol. The molecule has 7 heterocycles. The summed E-state index contributed by atoms with van der Waals surface area (Å²) in [4.78, 5) is 74.2. The van der Waals surface area contributed by atoms with Crippen molar-refractivity contribution in [1.29, 1.82) is 0 Å². The van der Waals surface area contributed by atoms with Crippen molar-refractivity contribution in [3.8, 4) is 17.0 Å². The highest BCUT2D eigenvalue weighted by Crippen LogP contribution is 2.42. The Hall–Kier alpha value is -6.81. The Kier molecular flexibility index (Phi) is 10.1. The second kappa shape index (κ2) is 15.9. The Morgan fingerprint density at radius 1 is 0.823 bits per heavy atom. The summed E-state index contributed by atoms with van der Waals surface area (Å²) in [5, 5.41) is 24.4. The van der Waals surface area contributed by atoms with Gasteiger partial charge in [-0.1, -0.05) is 24.3 Å². The lowest BCUT2D eigenvalue weighted by Gasteiger charge is -2.36. The smallest absolute Gasteiger partial charge is 0.262 e. The number of carbonyl (C=O) groups is 5. The van der Waals surface area contributed by atoms with E-state index < -0.39 is 29.7 Å². The number of para-hydroxylation sites is 1. The van der Waals surface area contributed by atoms with E-state index in [1.165, 1.54) is 5.56 Å². The number of aromatic nitrogens is 2. The number of nitrogens with two attached hydrogens (primary N) is 1. The van der Waals surface area contributed by atoms with Gasteiger partial charge < -0.3 is 30.9 Å². The summed E-state index contributed by atoms with van der Waals surface area (Å²) in [5.74, 6) is -1.48. The Bertz CT molecular complexity index is 2530. The van der Waals surface area contributed by atoms with Crippen LogP contribution < -0.4 is 31.1 Å². The normalized spacial score (nSPS) is 22.0. The predicted octanol–water partition coefficient (Wildman–Crippen LogP) is 3.77. The van der Waals surface area contributed by atoms with Gasteiger partial charge in [-0.05, 0) is 99.3 Å². The lowest BCUT2D eigenvalue weighted by molar-refractivity contribution is -0.136. The molecule has 5 N–H and O–H groups in total. The molecule has 3 aromatic carbocycles. The molecule has 2 unspecified atom stereocenters. The molecule has 16 nitrogen and oxygen atoms in total. The van der Waals surface area contributed by atoms with Gasteiger partial charge in [-0.2, -0.15) is 0 Å². The number of benzene rings is 3. The van der Waals surface area contributed by atoms with Gasteiger partial charge in [0.15, 0.2) is 5.82 Å². The highest BCUT2D eigenvalue weighted by molar-refractivity contribution is 6.23. The first-order valence-corrected chi connectivity index (χ1v) is 21.5. The molecule has 2 atom stereocenters. The van der Waals surface area contributed by atoms with Gasteiger partial charge in [0, 0.05) is 79.8 Å². The van der Waals surface area contributed by atoms with Crippen LogP contribution in [0.15, 0.2) is 84.7 Å². The van der Waals surface area contributed by atoms with Crippen LogP contribution in [0.1, 0.15) is 71.2 Å². The van der Waals surface area contributed by atoms with Crippen molar-refractivity contribution in [3.05, 3.63) is 101 Å². The van der Waals surface area contributed by atoms with Crippen LogP contribution in [-0.4, -0.2) is 105 Å². The van der Waals surface area contributed by atoms with Gasteiger partial charge in [0.1, 0.15) is 11.8 Å². The van der Waals surface area contributed by atoms with E-state index in [1.807, 2.05) is 24.3 Å². The zero-order chi connectivity index (χ0) is 42.6. The van der Waals surface area contributed by atoms with Crippen LogP contribution in [0.5, 0.6) is 5.75 Å². The van der Waals surface area contributed by atoms with Crippen LogP contribution in [0.4, 0.5) is 22.9 Å². The fourth-order valence-corrected chi connectivity index (χ4v) is 9.97. The molecule has 0 spiro atoms. The van der Waals surface area contributed by atoms with Crippen LogP contribution in [0.2, 0.25) is 0 Å². The first-order valence-electron chi connectivity index (χ1n) is 21.5. The Balaban J connectivity index is 0.696. The zero-order valence-corrected chi connectivity index (χ0v) is 34.2. The van der Waals surface area contributed by atoms with Crippen LogP contribution in [0.25, 0.3) is 11.3 Å². The summed E-state index contributed by atoms with van der Waals surface area (Å²) in [7, 11) is 0. The number of rotatable bonds is 9. The largest absolute Gasteiger partial charge is 0.507 e. The minimum Gasteiger partial charge on any atom is -0.507 e. The number of amides is 5. The van der Waals surface area contributed by atoms with E-state index in [0.29, 0.717) is 30.2 Å². The number of phenols is 1. The molecule has 2 bridgehead atoms. The van der Waals surface area contributed by atoms with E-state index >= 15 is 0 Å². The number of nitrogens with zero attached hydrogens (tertiary/aromatic N) is 7. The number of aromatic hydroxyl groups is 1. The first kappa shape index (κ1) is 39.3. The highest BCUT2D eigenvalue weighted by Gasteiger charge is 2.45. The van der Waals surface area contributed by atoms with Crippen molar-refractivity contribution < 1.29 is 29.1 Å². The molecule has 4 fully saturated rings. The van der Waals surface area contributed by atoms with Crippen LogP contribution in [0.3, 0.4) is 0 Å². The average Bonchev–Trinajstić information content (AvgIpc) is 3.96. The SMILES string of the molecule is Nc1nnc(-c2ccccc2O)cc1N1CC2CC1=CN2c1cccc(CN2CCC(C(=O)NC3CCN(c4ccc5c(c4)C(=O)N(C4CCC(=O)NC4=O)C5=O)CC3)CC2)c1. The van der Waals surface area contributed by atoms with Gasteiger partial charge in [0.25, 0.3) is 11.8 Å². The minimum atomic E-state index is -0.997.